The van der Waals surface area contributed by atoms with Crippen LogP contribution in [0.2, 0.25) is 0 Å². The number of halogens is 1. The van der Waals surface area contributed by atoms with Crippen LogP contribution in [0.1, 0.15) is 0 Å². The zero-order chi connectivity index (χ0) is 13.1. The molecule has 0 atom stereocenters. The van der Waals surface area contributed by atoms with Gasteiger partial charge in [0.25, 0.3) is 0 Å². The van der Waals surface area contributed by atoms with Crippen LogP contribution in [0, 0.1) is 5.82 Å². The second-order valence-electron chi connectivity index (χ2n) is 3.82. The van der Waals surface area contributed by atoms with Gasteiger partial charge in [-0.3, -0.25) is 9.69 Å². The summed E-state index contributed by atoms with van der Waals surface area (Å²) in [5.41, 5.74) is 5.82. The number of rotatable bonds is 3. The summed E-state index contributed by atoms with van der Waals surface area (Å²) in [5.74, 6) is -1.08. The van der Waals surface area contributed by atoms with Gasteiger partial charge in [-0.05, 0) is 18.2 Å². The molecule has 18 heavy (non-hydrogen) atoms. The molecule has 0 saturated carbocycles. The summed E-state index contributed by atoms with van der Waals surface area (Å²) in [7, 11) is 0. The van der Waals surface area contributed by atoms with Gasteiger partial charge in [0.1, 0.15) is 19.0 Å². The highest BCUT2D eigenvalue weighted by molar-refractivity contribution is 5.94. The molecule has 0 aromatic heterocycles. The Bertz CT molecular complexity index is 492. The molecule has 0 bridgehead atoms. The third-order valence-corrected chi connectivity index (χ3v) is 2.44. The Labute approximate surface area is 103 Å². The fraction of sp³-hybridized carbons (Fsp3) is 0.273. The molecule has 1 aromatic rings. The molecule has 6 nitrogen and oxygen atoms in total. The number of anilines is 2. The van der Waals surface area contributed by atoms with Gasteiger partial charge in [-0.15, -0.1) is 0 Å². The average Bonchev–Trinajstić information content (AvgIpc) is 2.70. The maximum atomic E-state index is 13.3. The lowest BCUT2D eigenvalue weighted by Crippen LogP contribution is -2.33. The highest BCUT2D eigenvalue weighted by Gasteiger charge is 2.24. The first-order valence-electron chi connectivity index (χ1n) is 5.33. The molecule has 1 heterocycles. The highest BCUT2D eigenvalue weighted by atomic mass is 19.1. The minimum atomic E-state index is -0.582. The number of carbonyl (C=O) groups excluding carboxylic acids is 2. The van der Waals surface area contributed by atoms with Gasteiger partial charge in [0.15, 0.2) is 0 Å². The molecule has 1 aliphatic rings. The van der Waals surface area contributed by atoms with Crippen LogP contribution >= 0.6 is 0 Å². The minimum Gasteiger partial charge on any atom is -0.448 e. The van der Waals surface area contributed by atoms with Crippen molar-refractivity contribution in [3.63, 3.8) is 0 Å². The SMILES string of the molecule is Nc1ccc(F)c(NC(=O)CN2CCOC2=O)c1. The van der Waals surface area contributed by atoms with Gasteiger partial charge in [0, 0.05) is 5.69 Å². The fourth-order valence-electron chi connectivity index (χ4n) is 1.57. The Morgan fingerprint density at radius 1 is 1.56 bits per heavy atom. The molecule has 0 spiro atoms. The molecule has 0 aliphatic carbocycles. The van der Waals surface area contributed by atoms with E-state index in [1.165, 1.54) is 17.0 Å². The standard InChI is InChI=1S/C11H12FN3O3/c12-8-2-1-7(13)5-9(8)14-10(16)6-15-3-4-18-11(15)17/h1-2,5H,3-4,6,13H2,(H,14,16). The Balaban J connectivity index is 1.98. The van der Waals surface area contributed by atoms with Crippen LogP contribution in [-0.2, 0) is 9.53 Å². The number of benzene rings is 1. The van der Waals surface area contributed by atoms with Gasteiger partial charge in [0.2, 0.25) is 5.91 Å². The molecule has 1 saturated heterocycles. The van der Waals surface area contributed by atoms with E-state index in [1.807, 2.05) is 0 Å². The molecule has 2 rings (SSSR count). The van der Waals surface area contributed by atoms with E-state index < -0.39 is 17.8 Å². The number of hydrogen-bond acceptors (Lipinski definition) is 4. The number of hydrogen-bond donors (Lipinski definition) is 2. The van der Waals surface area contributed by atoms with Crippen molar-refractivity contribution in [2.75, 3.05) is 30.7 Å². The van der Waals surface area contributed by atoms with E-state index >= 15 is 0 Å². The molecule has 0 radical (unpaired) electrons. The Morgan fingerprint density at radius 2 is 2.33 bits per heavy atom. The monoisotopic (exact) mass is 253 g/mol. The normalized spacial score (nSPS) is 14.5. The summed E-state index contributed by atoms with van der Waals surface area (Å²) >= 11 is 0. The summed E-state index contributed by atoms with van der Waals surface area (Å²) in [5, 5.41) is 2.36. The number of cyclic esters (lactones) is 1. The topological polar surface area (TPSA) is 84.7 Å². The minimum absolute atomic E-state index is 0.00688. The summed E-state index contributed by atoms with van der Waals surface area (Å²) in [6.07, 6.45) is -0.543. The third-order valence-electron chi connectivity index (χ3n) is 2.44. The predicted octanol–water partition coefficient (Wildman–Crippen LogP) is 0.799. The number of carbonyl (C=O) groups is 2. The zero-order valence-corrected chi connectivity index (χ0v) is 9.48. The van der Waals surface area contributed by atoms with E-state index in [0.717, 1.165) is 6.07 Å². The van der Waals surface area contributed by atoms with Crippen LogP contribution in [0.25, 0.3) is 0 Å². The van der Waals surface area contributed by atoms with Crippen LogP contribution in [0.3, 0.4) is 0 Å². The van der Waals surface area contributed by atoms with E-state index in [1.54, 1.807) is 0 Å². The van der Waals surface area contributed by atoms with Crippen LogP contribution in [-0.4, -0.2) is 36.6 Å². The molecule has 7 heteroatoms. The lowest BCUT2D eigenvalue weighted by Gasteiger charge is -2.12. The van der Waals surface area contributed by atoms with Gasteiger partial charge >= 0.3 is 6.09 Å². The van der Waals surface area contributed by atoms with Crippen molar-refractivity contribution in [3.05, 3.63) is 24.0 Å². The maximum Gasteiger partial charge on any atom is 0.410 e. The molecule has 3 N–H and O–H groups in total. The number of nitrogens with two attached hydrogens (primary N) is 1. The Morgan fingerprint density at radius 3 is 3.00 bits per heavy atom. The first kappa shape index (κ1) is 12.2. The summed E-state index contributed by atoms with van der Waals surface area (Å²) < 4.78 is 18.0. The number of nitrogen functional groups attached to an aromatic ring is 1. The first-order chi connectivity index (χ1) is 8.56. The summed E-state index contributed by atoms with van der Waals surface area (Å²) in [6.45, 7) is 0.442. The van der Waals surface area contributed by atoms with Crippen molar-refractivity contribution >= 4 is 23.4 Å². The molecule has 2 amide bonds. The van der Waals surface area contributed by atoms with E-state index in [0.29, 0.717) is 12.2 Å². The molecular formula is C11H12FN3O3. The number of ether oxygens (including phenoxy) is 1. The quantitative estimate of drug-likeness (QED) is 0.780. The molecular weight excluding hydrogens is 241 g/mol. The van der Waals surface area contributed by atoms with Gasteiger partial charge in [-0.25, -0.2) is 9.18 Å². The van der Waals surface area contributed by atoms with E-state index in [9.17, 15) is 14.0 Å². The van der Waals surface area contributed by atoms with Crippen LogP contribution in [0.4, 0.5) is 20.6 Å². The number of nitrogens with one attached hydrogen (secondary N) is 1. The Hall–Kier alpha value is -2.31. The van der Waals surface area contributed by atoms with Crippen molar-refractivity contribution in [2.45, 2.75) is 0 Å². The van der Waals surface area contributed by atoms with Crippen molar-refractivity contribution in [1.82, 2.24) is 4.90 Å². The molecule has 1 fully saturated rings. The fourth-order valence-corrected chi connectivity index (χ4v) is 1.57. The van der Waals surface area contributed by atoms with Crippen LogP contribution in [0.15, 0.2) is 18.2 Å². The highest BCUT2D eigenvalue weighted by Crippen LogP contribution is 2.17. The number of amides is 2. The smallest absolute Gasteiger partial charge is 0.410 e. The second kappa shape index (κ2) is 4.91. The largest absolute Gasteiger partial charge is 0.448 e. The van der Waals surface area contributed by atoms with Crippen molar-refractivity contribution in [2.24, 2.45) is 0 Å². The maximum absolute atomic E-state index is 13.3. The van der Waals surface area contributed by atoms with Crippen LogP contribution in [0.5, 0.6) is 0 Å². The van der Waals surface area contributed by atoms with Crippen molar-refractivity contribution < 1.29 is 18.7 Å². The van der Waals surface area contributed by atoms with Gasteiger partial charge in [-0.2, -0.15) is 0 Å². The molecule has 1 aliphatic heterocycles. The van der Waals surface area contributed by atoms with Crippen LogP contribution < -0.4 is 11.1 Å². The first-order valence-corrected chi connectivity index (χ1v) is 5.33. The van der Waals surface area contributed by atoms with E-state index in [4.69, 9.17) is 5.73 Å². The number of nitrogens with zero attached hydrogens (tertiary/aromatic N) is 1. The van der Waals surface area contributed by atoms with Gasteiger partial charge < -0.3 is 15.8 Å². The predicted molar refractivity (Wildman–Crippen MR) is 62.4 cm³/mol. The van der Waals surface area contributed by atoms with Gasteiger partial charge in [0.05, 0.1) is 12.2 Å². The zero-order valence-electron chi connectivity index (χ0n) is 9.48. The van der Waals surface area contributed by atoms with E-state index in [-0.39, 0.29) is 18.8 Å². The lowest BCUT2D eigenvalue weighted by molar-refractivity contribution is -0.116. The second-order valence-corrected chi connectivity index (χ2v) is 3.82. The lowest BCUT2D eigenvalue weighted by atomic mass is 10.2. The average molecular weight is 253 g/mol. The van der Waals surface area contributed by atoms with Gasteiger partial charge in [-0.1, -0.05) is 0 Å². The van der Waals surface area contributed by atoms with Crippen molar-refractivity contribution in [1.29, 1.82) is 0 Å². The summed E-state index contributed by atoms with van der Waals surface area (Å²) in [6, 6.07) is 3.87. The van der Waals surface area contributed by atoms with E-state index in [2.05, 4.69) is 10.1 Å². The molecule has 1 aromatic carbocycles. The summed E-state index contributed by atoms with van der Waals surface area (Å²) in [4.78, 5) is 24.0. The van der Waals surface area contributed by atoms with Crippen molar-refractivity contribution in [3.8, 4) is 0 Å². The third kappa shape index (κ3) is 2.68. The molecule has 0 unspecified atom stereocenters. The Kier molecular flexibility index (Phi) is 3.31. The molecule has 96 valence electrons.